The van der Waals surface area contributed by atoms with Gasteiger partial charge in [-0.2, -0.15) is 0 Å². The number of pyridine rings is 1. The highest BCUT2D eigenvalue weighted by atomic mass is 32.2. The van der Waals surface area contributed by atoms with Crippen LogP contribution in [0.4, 0.5) is 0 Å². The van der Waals surface area contributed by atoms with Crippen LogP contribution in [0.5, 0.6) is 5.75 Å². The van der Waals surface area contributed by atoms with E-state index in [0.29, 0.717) is 6.42 Å². The second kappa shape index (κ2) is 7.37. The number of fused-ring (bicyclic) bond motifs is 1. The summed E-state index contributed by atoms with van der Waals surface area (Å²) >= 11 is 0. The van der Waals surface area contributed by atoms with Gasteiger partial charge in [0, 0.05) is 23.5 Å². The second-order valence-electron chi connectivity index (χ2n) is 7.24. The molecule has 0 aliphatic heterocycles. The van der Waals surface area contributed by atoms with Crippen molar-refractivity contribution >= 4 is 10.0 Å². The van der Waals surface area contributed by atoms with E-state index >= 15 is 0 Å². The Hall–Kier alpha value is -1.92. The van der Waals surface area contributed by atoms with Crippen molar-refractivity contribution in [1.82, 2.24) is 9.71 Å². The summed E-state index contributed by atoms with van der Waals surface area (Å²) in [7, 11) is -3.26. The third-order valence-electron chi connectivity index (χ3n) is 4.78. The first-order valence-electron chi connectivity index (χ1n) is 8.97. The molecule has 5 nitrogen and oxygen atoms in total. The van der Waals surface area contributed by atoms with Crippen molar-refractivity contribution in [3.63, 3.8) is 0 Å². The second-order valence-corrected chi connectivity index (χ2v) is 9.51. The van der Waals surface area contributed by atoms with E-state index in [4.69, 9.17) is 4.74 Å². The Kier molecular flexibility index (Phi) is 5.34. The predicted molar refractivity (Wildman–Crippen MR) is 103 cm³/mol. The van der Waals surface area contributed by atoms with Crippen molar-refractivity contribution in [2.45, 2.75) is 57.9 Å². The Morgan fingerprint density at radius 3 is 2.50 bits per heavy atom. The van der Waals surface area contributed by atoms with E-state index in [1.54, 1.807) is 13.8 Å². The van der Waals surface area contributed by atoms with Gasteiger partial charge in [-0.3, -0.25) is 4.98 Å². The molecule has 0 bridgehead atoms. The zero-order valence-corrected chi connectivity index (χ0v) is 16.5. The monoisotopic (exact) mass is 374 g/mol. The highest BCUT2D eigenvalue weighted by Gasteiger charge is 2.27. The molecule has 2 aromatic rings. The summed E-state index contributed by atoms with van der Waals surface area (Å²) in [5, 5.41) is -0.422. The Balaban J connectivity index is 1.68. The van der Waals surface area contributed by atoms with E-state index in [0.717, 1.165) is 29.0 Å². The maximum absolute atomic E-state index is 12.1. The molecule has 0 fully saturated rings. The first-order valence-corrected chi connectivity index (χ1v) is 10.5. The zero-order chi connectivity index (χ0) is 18.9. The molecule has 0 amide bonds. The molecule has 0 saturated heterocycles. The minimum Gasteiger partial charge on any atom is -0.486 e. The van der Waals surface area contributed by atoms with Crippen molar-refractivity contribution in [3.05, 3.63) is 58.9 Å². The molecular weight excluding hydrogens is 348 g/mol. The van der Waals surface area contributed by atoms with E-state index in [2.05, 4.69) is 9.71 Å². The summed E-state index contributed by atoms with van der Waals surface area (Å²) < 4.78 is 33.1. The van der Waals surface area contributed by atoms with Gasteiger partial charge in [-0.1, -0.05) is 12.1 Å². The van der Waals surface area contributed by atoms with Crippen molar-refractivity contribution in [3.8, 4) is 5.75 Å². The number of benzene rings is 1. The standard InChI is InChI=1S/C20H26N2O3S/c1-13(2)26(23,24)22-19-9-16-7-8-20(11-18(16)10-19)25-15(4)17-6-5-14(3)21-12-17/h5-8,11-13,15,19,22H,9-10H2,1-4H3/t15-,19+/m1/s1. The van der Waals surface area contributed by atoms with Gasteiger partial charge in [0.1, 0.15) is 11.9 Å². The van der Waals surface area contributed by atoms with Gasteiger partial charge in [-0.05, 0) is 69.9 Å². The molecule has 26 heavy (non-hydrogen) atoms. The van der Waals surface area contributed by atoms with E-state index in [1.807, 2.05) is 50.4 Å². The summed E-state index contributed by atoms with van der Waals surface area (Å²) in [6, 6.07) is 9.94. The minimum absolute atomic E-state index is 0.0774. The Bertz CT molecular complexity index is 876. The lowest BCUT2D eigenvalue weighted by Gasteiger charge is -2.16. The molecule has 1 aliphatic carbocycles. The number of hydrogen-bond donors (Lipinski definition) is 1. The summed E-state index contributed by atoms with van der Waals surface area (Å²) in [5.74, 6) is 0.796. The number of ether oxygens (including phenoxy) is 1. The normalized spacial score (nSPS) is 18.0. The largest absolute Gasteiger partial charge is 0.486 e. The number of aromatic nitrogens is 1. The maximum atomic E-state index is 12.1. The highest BCUT2D eigenvalue weighted by molar-refractivity contribution is 7.90. The molecule has 1 aromatic carbocycles. The number of rotatable bonds is 6. The minimum atomic E-state index is -3.26. The van der Waals surface area contributed by atoms with Crippen molar-refractivity contribution < 1.29 is 13.2 Å². The molecule has 1 aromatic heterocycles. The van der Waals surface area contributed by atoms with E-state index in [-0.39, 0.29) is 12.1 Å². The SMILES string of the molecule is Cc1ccc([C@@H](C)Oc2ccc3c(c2)C[C@@H](NS(=O)(=O)C(C)C)C3)cn1. The fourth-order valence-corrected chi connectivity index (χ4v) is 4.01. The maximum Gasteiger partial charge on any atom is 0.214 e. The fraction of sp³-hybridized carbons (Fsp3) is 0.450. The Labute approximate surface area is 155 Å². The first-order chi connectivity index (χ1) is 12.2. The van der Waals surface area contributed by atoms with Gasteiger partial charge in [0.15, 0.2) is 0 Å². The fourth-order valence-electron chi connectivity index (χ4n) is 3.11. The quantitative estimate of drug-likeness (QED) is 0.842. The van der Waals surface area contributed by atoms with Crippen molar-refractivity contribution in [1.29, 1.82) is 0 Å². The van der Waals surface area contributed by atoms with Crippen LogP contribution in [0.25, 0.3) is 0 Å². The molecule has 0 saturated carbocycles. The first kappa shape index (κ1) is 18.9. The summed E-state index contributed by atoms with van der Waals surface area (Å²) in [6.07, 6.45) is 3.15. The molecule has 3 rings (SSSR count). The van der Waals surface area contributed by atoms with Gasteiger partial charge in [-0.15, -0.1) is 0 Å². The number of nitrogens with zero attached hydrogens (tertiary/aromatic N) is 1. The molecule has 1 aliphatic rings. The lowest BCUT2D eigenvalue weighted by Crippen LogP contribution is -2.39. The van der Waals surface area contributed by atoms with Gasteiger partial charge in [0.25, 0.3) is 0 Å². The lowest BCUT2D eigenvalue weighted by atomic mass is 10.1. The van der Waals surface area contributed by atoms with Gasteiger partial charge in [0.2, 0.25) is 10.0 Å². The van der Waals surface area contributed by atoms with Crippen LogP contribution in [0.2, 0.25) is 0 Å². The van der Waals surface area contributed by atoms with Crippen LogP contribution >= 0.6 is 0 Å². The molecule has 140 valence electrons. The molecule has 0 unspecified atom stereocenters. The van der Waals surface area contributed by atoms with Crippen LogP contribution in [0.15, 0.2) is 36.5 Å². The van der Waals surface area contributed by atoms with Crippen LogP contribution in [-0.2, 0) is 22.9 Å². The average Bonchev–Trinajstić information content (AvgIpc) is 2.95. The lowest BCUT2D eigenvalue weighted by molar-refractivity contribution is 0.226. The average molecular weight is 375 g/mol. The predicted octanol–water partition coefficient (Wildman–Crippen LogP) is 3.33. The molecule has 1 N–H and O–H groups in total. The van der Waals surface area contributed by atoms with Gasteiger partial charge in [-0.25, -0.2) is 13.1 Å². The molecule has 1 heterocycles. The number of nitrogens with one attached hydrogen (secondary N) is 1. The van der Waals surface area contributed by atoms with Crippen LogP contribution < -0.4 is 9.46 Å². The summed E-state index contributed by atoms with van der Waals surface area (Å²) in [5.41, 5.74) is 4.33. The third-order valence-corrected chi connectivity index (χ3v) is 6.68. The van der Waals surface area contributed by atoms with Gasteiger partial charge in [0.05, 0.1) is 5.25 Å². The molecule has 0 radical (unpaired) electrons. The Morgan fingerprint density at radius 1 is 1.12 bits per heavy atom. The number of aryl methyl sites for hydroxylation is 1. The van der Waals surface area contributed by atoms with Crippen LogP contribution in [0.1, 0.15) is 49.3 Å². The van der Waals surface area contributed by atoms with Gasteiger partial charge < -0.3 is 4.74 Å². The summed E-state index contributed by atoms with van der Waals surface area (Å²) in [6.45, 7) is 7.34. The van der Waals surface area contributed by atoms with E-state index in [1.165, 1.54) is 5.56 Å². The highest BCUT2D eigenvalue weighted by Crippen LogP contribution is 2.29. The van der Waals surface area contributed by atoms with E-state index in [9.17, 15) is 8.42 Å². The zero-order valence-electron chi connectivity index (χ0n) is 15.7. The van der Waals surface area contributed by atoms with Crippen LogP contribution in [0.3, 0.4) is 0 Å². The van der Waals surface area contributed by atoms with Gasteiger partial charge >= 0.3 is 0 Å². The van der Waals surface area contributed by atoms with Crippen molar-refractivity contribution in [2.24, 2.45) is 0 Å². The van der Waals surface area contributed by atoms with E-state index < -0.39 is 15.3 Å². The van der Waals surface area contributed by atoms with Crippen LogP contribution in [-0.4, -0.2) is 24.7 Å². The number of sulfonamides is 1. The molecule has 0 spiro atoms. The molecule has 2 atom stereocenters. The summed E-state index contributed by atoms with van der Waals surface area (Å²) in [4.78, 5) is 4.31. The third kappa shape index (κ3) is 4.24. The molecular formula is C20H26N2O3S. The molecule has 6 heteroatoms. The Morgan fingerprint density at radius 2 is 1.85 bits per heavy atom. The van der Waals surface area contributed by atoms with Crippen LogP contribution in [0, 0.1) is 6.92 Å². The topological polar surface area (TPSA) is 68.3 Å². The van der Waals surface area contributed by atoms with Crippen molar-refractivity contribution in [2.75, 3.05) is 0 Å². The number of hydrogen-bond acceptors (Lipinski definition) is 4. The smallest absolute Gasteiger partial charge is 0.214 e.